The highest BCUT2D eigenvalue weighted by Crippen LogP contribution is 2.16. The van der Waals surface area contributed by atoms with Gasteiger partial charge in [0.25, 0.3) is 5.91 Å². The van der Waals surface area contributed by atoms with Gasteiger partial charge < -0.3 is 15.0 Å². The van der Waals surface area contributed by atoms with Crippen LogP contribution in [0.5, 0.6) is 0 Å². The largest absolute Gasteiger partial charge is 0.386 e. The molecular weight excluding hydrogens is 242 g/mol. The molecule has 1 heterocycles. The number of hydrogen-bond donors (Lipinski definition) is 1. The summed E-state index contributed by atoms with van der Waals surface area (Å²) in [6.45, 7) is 6.04. The summed E-state index contributed by atoms with van der Waals surface area (Å²) in [5, 5.41) is 3.00. The van der Waals surface area contributed by atoms with E-state index in [1.54, 1.807) is 32.6 Å². The predicted octanol–water partition coefficient (Wildman–Crippen LogP) is 1.87. The van der Waals surface area contributed by atoms with Crippen molar-refractivity contribution in [3.05, 3.63) is 24.0 Å². The third-order valence-corrected chi connectivity index (χ3v) is 2.76. The zero-order valence-electron chi connectivity index (χ0n) is 12.1. The van der Waals surface area contributed by atoms with Crippen LogP contribution in [0, 0.1) is 5.92 Å². The van der Waals surface area contributed by atoms with Crippen LogP contribution in [0.15, 0.2) is 18.5 Å². The first-order valence-electron chi connectivity index (χ1n) is 6.50. The highest BCUT2D eigenvalue weighted by Gasteiger charge is 2.19. The van der Waals surface area contributed by atoms with Crippen molar-refractivity contribution in [2.75, 3.05) is 39.2 Å². The molecule has 1 N–H and O–H groups in total. The monoisotopic (exact) mass is 265 g/mol. The van der Waals surface area contributed by atoms with Crippen LogP contribution in [0.25, 0.3) is 0 Å². The minimum Gasteiger partial charge on any atom is -0.386 e. The molecule has 106 valence electrons. The SMILES string of the molecule is CNc1cnccc1C(=O)N(CCOC)CC(C)C. The van der Waals surface area contributed by atoms with Gasteiger partial charge in [0.05, 0.1) is 24.1 Å². The zero-order valence-corrected chi connectivity index (χ0v) is 12.1. The Bertz CT molecular complexity index is 407. The molecule has 1 amide bonds. The highest BCUT2D eigenvalue weighted by atomic mass is 16.5. The van der Waals surface area contributed by atoms with E-state index in [1.165, 1.54) is 0 Å². The van der Waals surface area contributed by atoms with Crippen LogP contribution in [0.2, 0.25) is 0 Å². The van der Waals surface area contributed by atoms with Crippen LogP contribution < -0.4 is 5.32 Å². The lowest BCUT2D eigenvalue weighted by Crippen LogP contribution is -2.37. The van der Waals surface area contributed by atoms with Crippen molar-refractivity contribution >= 4 is 11.6 Å². The van der Waals surface area contributed by atoms with E-state index in [4.69, 9.17) is 4.74 Å². The van der Waals surface area contributed by atoms with Crippen molar-refractivity contribution in [3.63, 3.8) is 0 Å². The Morgan fingerprint density at radius 1 is 1.53 bits per heavy atom. The molecule has 1 rings (SSSR count). The van der Waals surface area contributed by atoms with E-state index in [0.29, 0.717) is 31.2 Å². The number of nitrogens with one attached hydrogen (secondary N) is 1. The van der Waals surface area contributed by atoms with E-state index >= 15 is 0 Å². The topological polar surface area (TPSA) is 54.5 Å². The van der Waals surface area contributed by atoms with E-state index in [9.17, 15) is 4.79 Å². The van der Waals surface area contributed by atoms with Crippen molar-refractivity contribution < 1.29 is 9.53 Å². The van der Waals surface area contributed by atoms with Gasteiger partial charge in [0.2, 0.25) is 0 Å². The summed E-state index contributed by atoms with van der Waals surface area (Å²) in [5.41, 5.74) is 1.40. The first kappa shape index (κ1) is 15.4. The van der Waals surface area contributed by atoms with Gasteiger partial charge >= 0.3 is 0 Å². The molecule has 0 bridgehead atoms. The van der Waals surface area contributed by atoms with Gasteiger partial charge in [0.15, 0.2) is 0 Å². The second kappa shape index (κ2) is 7.74. The predicted molar refractivity (Wildman–Crippen MR) is 76.4 cm³/mol. The first-order chi connectivity index (χ1) is 9.10. The van der Waals surface area contributed by atoms with E-state index in [1.807, 2.05) is 4.90 Å². The van der Waals surface area contributed by atoms with E-state index in [2.05, 4.69) is 24.1 Å². The average molecular weight is 265 g/mol. The van der Waals surface area contributed by atoms with Gasteiger partial charge in [-0.15, -0.1) is 0 Å². The molecule has 5 heteroatoms. The molecule has 19 heavy (non-hydrogen) atoms. The molecule has 0 saturated carbocycles. The van der Waals surface area contributed by atoms with Gasteiger partial charge in [-0.2, -0.15) is 0 Å². The molecule has 1 aromatic rings. The standard InChI is InChI=1S/C14H23N3O2/c1-11(2)10-17(7-8-19-4)14(18)12-5-6-16-9-13(12)15-3/h5-6,9,11,15H,7-8,10H2,1-4H3. The number of carbonyl (C=O) groups is 1. The Kier molecular flexibility index (Phi) is 6.29. The third kappa shape index (κ3) is 4.52. The van der Waals surface area contributed by atoms with Crippen molar-refractivity contribution in [2.24, 2.45) is 5.92 Å². The number of rotatable bonds is 7. The summed E-state index contributed by atoms with van der Waals surface area (Å²) in [4.78, 5) is 18.4. The van der Waals surface area contributed by atoms with Crippen LogP contribution in [0.3, 0.4) is 0 Å². The molecule has 0 aliphatic rings. The first-order valence-corrected chi connectivity index (χ1v) is 6.50. The molecule has 0 aliphatic carbocycles. The van der Waals surface area contributed by atoms with Crippen molar-refractivity contribution in [1.82, 2.24) is 9.88 Å². The van der Waals surface area contributed by atoms with Crippen LogP contribution >= 0.6 is 0 Å². The molecule has 1 aromatic heterocycles. The maximum Gasteiger partial charge on any atom is 0.256 e. The lowest BCUT2D eigenvalue weighted by atomic mass is 10.1. The fraction of sp³-hybridized carbons (Fsp3) is 0.571. The molecule has 0 aromatic carbocycles. The van der Waals surface area contributed by atoms with Crippen LogP contribution in [-0.4, -0.2) is 49.6 Å². The smallest absolute Gasteiger partial charge is 0.256 e. The number of ether oxygens (including phenoxy) is 1. The summed E-state index contributed by atoms with van der Waals surface area (Å²) >= 11 is 0. The molecule has 0 aliphatic heterocycles. The summed E-state index contributed by atoms with van der Waals surface area (Å²) < 4.78 is 5.07. The minimum absolute atomic E-state index is 0.0116. The maximum atomic E-state index is 12.6. The quantitative estimate of drug-likeness (QED) is 0.817. The Morgan fingerprint density at radius 2 is 2.26 bits per heavy atom. The van der Waals surface area contributed by atoms with Crippen molar-refractivity contribution in [3.8, 4) is 0 Å². The van der Waals surface area contributed by atoms with Gasteiger partial charge in [0, 0.05) is 33.4 Å². The molecule has 0 saturated heterocycles. The fourth-order valence-corrected chi connectivity index (χ4v) is 1.87. The van der Waals surface area contributed by atoms with E-state index in [-0.39, 0.29) is 5.91 Å². The number of methoxy groups -OCH3 is 1. The van der Waals surface area contributed by atoms with Gasteiger partial charge in [-0.05, 0) is 12.0 Å². The van der Waals surface area contributed by atoms with Gasteiger partial charge in [-0.25, -0.2) is 0 Å². The lowest BCUT2D eigenvalue weighted by molar-refractivity contribution is 0.0673. The maximum absolute atomic E-state index is 12.6. The molecule has 0 atom stereocenters. The Balaban J connectivity index is 2.90. The number of aromatic nitrogens is 1. The summed E-state index contributed by atoms with van der Waals surface area (Å²) in [7, 11) is 3.43. The Morgan fingerprint density at radius 3 is 2.84 bits per heavy atom. The second-order valence-electron chi connectivity index (χ2n) is 4.81. The highest BCUT2D eigenvalue weighted by molar-refractivity contribution is 5.99. The molecule has 0 fully saturated rings. The molecule has 5 nitrogen and oxygen atoms in total. The molecule has 0 unspecified atom stereocenters. The molecular formula is C14H23N3O2. The van der Waals surface area contributed by atoms with Gasteiger partial charge in [0.1, 0.15) is 0 Å². The van der Waals surface area contributed by atoms with E-state index < -0.39 is 0 Å². The van der Waals surface area contributed by atoms with E-state index in [0.717, 1.165) is 5.69 Å². The van der Waals surface area contributed by atoms with Gasteiger partial charge in [-0.3, -0.25) is 9.78 Å². The molecule has 0 spiro atoms. The number of amides is 1. The summed E-state index contributed by atoms with van der Waals surface area (Å²) in [6, 6.07) is 1.74. The van der Waals surface area contributed by atoms with Crippen molar-refractivity contribution in [1.29, 1.82) is 0 Å². The number of carbonyl (C=O) groups excluding carboxylic acids is 1. The molecule has 0 radical (unpaired) electrons. The Labute approximate surface area is 115 Å². The van der Waals surface area contributed by atoms with Crippen LogP contribution in [0.4, 0.5) is 5.69 Å². The normalized spacial score (nSPS) is 10.6. The fourth-order valence-electron chi connectivity index (χ4n) is 1.87. The zero-order chi connectivity index (χ0) is 14.3. The van der Waals surface area contributed by atoms with Crippen LogP contribution in [0.1, 0.15) is 24.2 Å². The van der Waals surface area contributed by atoms with Gasteiger partial charge in [-0.1, -0.05) is 13.8 Å². The number of hydrogen-bond acceptors (Lipinski definition) is 4. The summed E-state index contributed by atoms with van der Waals surface area (Å²) in [5.74, 6) is 0.429. The number of pyridine rings is 1. The number of nitrogens with zero attached hydrogens (tertiary/aromatic N) is 2. The average Bonchev–Trinajstić information content (AvgIpc) is 2.42. The van der Waals surface area contributed by atoms with Crippen molar-refractivity contribution in [2.45, 2.75) is 13.8 Å². The Hall–Kier alpha value is -1.62. The van der Waals surface area contributed by atoms with Crippen LogP contribution in [-0.2, 0) is 4.74 Å². The lowest BCUT2D eigenvalue weighted by Gasteiger charge is -2.25. The second-order valence-corrected chi connectivity index (χ2v) is 4.81. The third-order valence-electron chi connectivity index (χ3n) is 2.76. The summed E-state index contributed by atoms with van der Waals surface area (Å²) in [6.07, 6.45) is 3.30. The minimum atomic E-state index is 0.0116. The number of anilines is 1.